The summed E-state index contributed by atoms with van der Waals surface area (Å²) in [6, 6.07) is 2.12. The Hall–Kier alpha value is -1.04. The highest BCUT2D eigenvalue weighted by molar-refractivity contribution is 9.10. The van der Waals surface area contributed by atoms with E-state index in [1.165, 1.54) is 6.07 Å². The average Bonchev–Trinajstić information content (AvgIpc) is 2.18. The molecule has 0 spiro atoms. The number of hydrogen-bond donors (Lipinski definition) is 0. The van der Waals surface area contributed by atoms with Gasteiger partial charge in [0.1, 0.15) is 5.75 Å². The van der Waals surface area contributed by atoms with E-state index >= 15 is 0 Å². The maximum Gasteiger partial charge on any atom is 0.417 e. The van der Waals surface area contributed by atoms with Crippen LogP contribution in [0, 0.1) is 0 Å². The second-order valence-corrected chi connectivity index (χ2v) is 4.17. The molecule has 1 aliphatic heterocycles. The van der Waals surface area contributed by atoms with Crippen LogP contribution in [0.1, 0.15) is 22.3 Å². The van der Waals surface area contributed by atoms with Gasteiger partial charge in [-0.3, -0.25) is 4.79 Å². The highest BCUT2D eigenvalue weighted by atomic mass is 79.9. The van der Waals surface area contributed by atoms with E-state index in [0.29, 0.717) is 4.47 Å². The normalized spacial score (nSPS) is 15.6. The average molecular weight is 295 g/mol. The zero-order valence-corrected chi connectivity index (χ0v) is 9.48. The van der Waals surface area contributed by atoms with Crippen molar-refractivity contribution >= 4 is 21.7 Å². The van der Waals surface area contributed by atoms with Gasteiger partial charge in [-0.1, -0.05) is 0 Å². The van der Waals surface area contributed by atoms with Crippen LogP contribution in [0.3, 0.4) is 0 Å². The predicted molar refractivity (Wildman–Crippen MR) is 53.6 cm³/mol. The third-order valence-corrected chi connectivity index (χ3v) is 2.89. The summed E-state index contributed by atoms with van der Waals surface area (Å²) in [5, 5.41) is 0. The van der Waals surface area contributed by atoms with E-state index in [1.54, 1.807) is 0 Å². The maximum atomic E-state index is 12.7. The zero-order valence-electron chi connectivity index (χ0n) is 7.90. The number of ketones is 1. The fraction of sp³-hybridized carbons (Fsp3) is 0.300. The van der Waals surface area contributed by atoms with Crippen molar-refractivity contribution in [3.8, 4) is 5.75 Å². The summed E-state index contributed by atoms with van der Waals surface area (Å²) in [5.41, 5.74) is -1.30. The first-order chi connectivity index (χ1) is 7.41. The Labute approximate surface area is 97.5 Å². The Bertz CT molecular complexity index is 454. The monoisotopic (exact) mass is 294 g/mol. The van der Waals surface area contributed by atoms with Crippen LogP contribution in [-0.4, -0.2) is 12.4 Å². The van der Waals surface area contributed by atoms with Gasteiger partial charge in [0.05, 0.1) is 22.2 Å². The Morgan fingerprint density at radius 2 is 2.00 bits per heavy atom. The Morgan fingerprint density at radius 1 is 1.31 bits per heavy atom. The van der Waals surface area contributed by atoms with E-state index in [4.69, 9.17) is 4.74 Å². The summed E-state index contributed by atoms with van der Waals surface area (Å²) in [7, 11) is 0. The van der Waals surface area contributed by atoms with Gasteiger partial charge in [0.25, 0.3) is 0 Å². The summed E-state index contributed by atoms with van der Waals surface area (Å²) in [4.78, 5) is 11.5. The first-order valence-electron chi connectivity index (χ1n) is 4.47. The fourth-order valence-corrected chi connectivity index (χ4v) is 2.03. The van der Waals surface area contributed by atoms with E-state index in [1.807, 2.05) is 0 Å². The van der Waals surface area contributed by atoms with Crippen LogP contribution in [0.2, 0.25) is 0 Å². The fourth-order valence-electron chi connectivity index (χ4n) is 1.58. The van der Waals surface area contributed by atoms with Crippen molar-refractivity contribution in [3.63, 3.8) is 0 Å². The lowest BCUT2D eigenvalue weighted by molar-refractivity contribution is -0.138. The number of benzene rings is 1. The smallest absolute Gasteiger partial charge is 0.417 e. The number of carbonyl (C=O) groups excluding carboxylic acids is 1. The first-order valence-corrected chi connectivity index (χ1v) is 5.26. The van der Waals surface area contributed by atoms with Crippen molar-refractivity contribution in [3.05, 3.63) is 27.7 Å². The molecule has 1 aliphatic rings. The lowest BCUT2D eigenvalue weighted by Gasteiger charge is -2.21. The molecule has 2 nitrogen and oxygen atoms in total. The van der Waals surface area contributed by atoms with Gasteiger partial charge >= 0.3 is 6.18 Å². The molecule has 0 N–H and O–H groups in total. The number of hydrogen-bond acceptors (Lipinski definition) is 2. The topological polar surface area (TPSA) is 26.3 Å². The Morgan fingerprint density at radius 3 is 2.62 bits per heavy atom. The van der Waals surface area contributed by atoms with Crippen molar-refractivity contribution in [2.45, 2.75) is 12.6 Å². The molecule has 0 bridgehead atoms. The molecule has 0 unspecified atom stereocenters. The number of alkyl halides is 3. The van der Waals surface area contributed by atoms with Crippen molar-refractivity contribution in [2.24, 2.45) is 0 Å². The number of ether oxygens (including phenoxy) is 1. The first kappa shape index (κ1) is 11.4. The van der Waals surface area contributed by atoms with E-state index in [2.05, 4.69) is 15.9 Å². The standard InChI is InChI=1S/C10H6BrF3O2/c11-6-2-1-5(10(12,13)14)8-7(15)3-4-16-9(6)8/h1-2H,3-4H2. The van der Waals surface area contributed by atoms with Crippen LogP contribution in [0.25, 0.3) is 0 Å². The van der Waals surface area contributed by atoms with Crippen molar-refractivity contribution in [2.75, 3.05) is 6.61 Å². The summed E-state index contributed by atoms with van der Waals surface area (Å²) in [6.07, 6.45) is -4.56. The van der Waals surface area contributed by atoms with Crippen molar-refractivity contribution in [1.29, 1.82) is 0 Å². The molecule has 0 atom stereocenters. The minimum absolute atomic E-state index is 0.00826. The highest BCUT2D eigenvalue weighted by Crippen LogP contribution is 2.41. The summed E-state index contributed by atoms with van der Waals surface area (Å²) in [5.74, 6) is -0.541. The van der Waals surface area contributed by atoms with Crippen LogP contribution in [0.4, 0.5) is 13.2 Å². The zero-order chi connectivity index (χ0) is 11.9. The molecule has 1 heterocycles. The lowest BCUT2D eigenvalue weighted by Crippen LogP contribution is -2.21. The number of rotatable bonds is 0. The highest BCUT2D eigenvalue weighted by Gasteiger charge is 2.38. The minimum Gasteiger partial charge on any atom is -0.491 e. The van der Waals surface area contributed by atoms with Crippen molar-refractivity contribution in [1.82, 2.24) is 0 Å². The van der Waals surface area contributed by atoms with Crippen LogP contribution < -0.4 is 4.74 Å². The second kappa shape index (κ2) is 3.76. The molecule has 0 amide bonds. The second-order valence-electron chi connectivity index (χ2n) is 3.32. The van der Waals surface area contributed by atoms with Gasteiger partial charge in [0.2, 0.25) is 0 Å². The van der Waals surface area contributed by atoms with E-state index in [0.717, 1.165) is 6.07 Å². The Balaban J connectivity index is 2.69. The third kappa shape index (κ3) is 1.81. The molecule has 0 saturated heterocycles. The van der Waals surface area contributed by atoms with Gasteiger partial charge in [0, 0.05) is 6.42 Å². The van der Waals surface area contributed by atoms with Crippen LogP contribution >= 0.6 is 15.9 Å². The number of halogens is 4. The van der Waals surface area contributed by atoms with Gasteiger partial charge in [-0.05, 0) is 28.1 Å². The number of Topliss-reactive ketones (excluding diaryl/α,β-unsaturated/α-hetero) is 1. The maximum absolute atomic E-state index is 12.7. The van der Waals surface area contributed by atoms with Crippen molar-refractivity contribution < 1.29 is 22.7 Å². The largest absolute Gasteiger partial charge is 0.491 e. The summed E-state index contributed by atoms with van der Waals surface area (Å²) in [6.45, 7) is 0.117. The van der Waals surface area contributed by atoms with Gasteiger partial charge in [-0.15, -0.1) is 0 Å². The van der Waals surface area contributed by atoms with Crippen LogP contribution in [0.15, 0.2) is 16.6 Å². The summed E-state index contributed by atoms with van der Waals surface area (Å²) < 4.78 is 43.4. The summed E-state index contributed by atoms with van der Waals surface area (Å²) >= 11 is 3.07. The molecular weight excluding hydrogens is 289 g/mol. The van der Waals surface area contributed by atoms with E-state index in [-0.39, 0.29) is 24.3 Å². The molecule has 6 heteroatoms. The molecule has 1 aromatic rings. The predicted octanol–water partition coefficient (Wildman–Crippen LogP) is 3.43. The SMILES string of the molecule is O=C1CCOc2c(Br)ccc(C(F)(F)F)c21. The molecule has 16 heavy (non-hydrogen) atoms. The third-order valence-electron chi connectivity index (χ3n) is 2.27. The number of carbonyl (C=O) groups is 1. The molecule has 0 saturated carbocycles. The number of fused-ring (bicyclic) bond motifs is 1. The molecule has 86 valence electrons. The van der Waals surface area contributed by atoms with Crippen LogP contribution in [0.5, 0.6) is 5.75 Å². The molecule has 0 radical (unpaired) electrons. The van der Waals surface area contributed by atoms with Gasteiger partial charge < -0.3 is 4.74 Å². The molecule has 2 rings (SSSR count). The van der Waals surface area contributed by atoms with E-state index < -0.39 is 17.5 Å². The lowest BCUT2D eigenvalue weighted by atomic mass is 9.98. The quantitative estimate of drug-likeness (QED) is 0.733. The minimum atomic E-state index is -4.54. The van der Waals surface area contributed by atoms with Gasteiger partial charge in [-0.25, -0.2) is 0 Å². The molecule has 1 aromatic carbocycles. The Kier molecular flexibility index (Phi) is 2.69. The molecule has 0 aromatic heterocycles. The van der Waals surface area contributed by atoms with Gasteiger partial charge in [-0.2, -0.15) is 13.2 Å². The van der Waals surface area contributed by atoms with E-state index in [9.17, 15) is 18.0 Å². The molecule has 0 aliphatic carbocycles. The van der Waals surface area contributed by atoms with Crippen LogP contribution in [-0.2, 0) is 6.18 Å². The molecule has 0 fully saturated rings. The molecular formula is C10H6BrF3O2. The van der Waals surface area contributed by atoms with Gasteiger partial charge in [0.15, 0.2) is 5.78 Å².